The van der Waals surface area contributed by atoms with E-state index in [0.29, 0.717) is 4.43 Å². The lowest BCUT2D eigenvalue weighted by molar-refractivity contribution is -0.394. The van der Waals surface area contributed by atoms with Gasteiger partial charge in [-0.25, -0.2) is 4.57 Å². The van der Waals surface area contributed by atoms with Crippen LogP contribution in [0.4, 0.5) is 17.1 Å². The largest absolute Gasteiger partial charge is 0.469 e. The second kappa shape index (κ2) is 13.2. The molecule has 1 amide bonds. The van der Waals surface area contributed by atoms with Crippen LogP contribution >= 0.6 is 30.4 Å². The third kappa shape index (κ3) is 10.1. The van der Waals surface area contributed by atoms with E-state index in [1.807, 2.05) is 22.6 Å². The highest BCUT2D eigenvalue weighted by atomic mass is 127. The van der Waals surface area contributed by atoms with Crippen LogP contribution in [0.15, 0.2) is 12.1 Å². The Morgan fingerprint density at radius 3 is 2.35 bits per heavy atom. The Kier molecular flexibility index (Phi) is 11.7. The lowest BCUT2D eigenvalue weighted by atomic mass is 10.1. The van der Waals surface area contributed by atoms with Gasteiger partial charge in [0.25, 0.3) is 21.7 Å². The Bertz CT molecular complexity index is 1060. The van der Waals surface area contributed by atoms with E-state index in [4.69, 9.17) is 9.79 Å². The normalized spacial score (nSPS) is 11.8. The van der Waals surface area contributed by atoms with E-state index < -0.39 is 57.2 Å². The molecule has 0 saturated carbocycles. The monoisotopic (exact) mass is 640 g/mol. The van der Waals surface area contributed by atoms with Gasteiger partial charge in [0.1, 0.15) is 5.69 Å². The van der Waals surface area contributed by atoms with Crippen molar-refractivity contribution in [3.8, 4) is 0 Å². The fraction of sp³-hybridized carbons (Fsp3) is 0.533. The Hall–Kier alpha value is -1.96. The Balaban J connectivity index is 3.31. The minimum absolute atomic E-state index is 0.0953. The maximum Gasteiger partial charge on any atom is 0.469 e. The van der Waals surface area contributed by atoms with E-state index in [1.54, 1.807) is 0 Å². The summed E-state index contributed by atoms with van der Waals surface area (Å²) in [6.45, 7) is -1.01. The second-order valence-electron chi connectivity index (χ2n) is 6.48. The molecule has 34 heavy (non-hydrogen) atoms. The lowest BCUT2D eigenvalue weighted by Crippen LogP contribution is -2.32. The van der Waals surface area contributed by atoms with E-state index >= 15 is 0 Å². The molecular weight excluding hydrogens is 618 g/mol. The predicted octanol–water partition coefficient (Wildman–Crippen LogP) is 0.950. The van der Waals surface area contributed by atoms with E-state index in [9.17, 15) is 38.0 Å². The first kappa shape index (κ1) is 30.1. The summed E-state index contributed by atoms with van der Waals surface area (Å²) in [5, 5.41) is 25.6. The molecule has 0 aromatic heterocycles. The van der Waals surface area contributed by atoms with Crippen molar-refractivity contribution in [2.24, 2.45) is 0 Å². The SMILES string of the molecule is CS(=O)(=O)OCCN(CCI)c1ccc([N+](=O)[O-])c(C(=O)NCCCOP(=O)(O)O)c1[N+](=O)[O-]. The Labute approximate surface area is 207 Å². The first-order valence-corrected chi connectivity index (χ1v) is 14.1. The fourth-order valence-electron chi connectivity index (χ4n) is 2.69. The predicted molar refractivity (Wildman–Crippen MR) is 127 cm³/mol. The first-order valence-electron chi connectivity index (χ1n) is 9.27. The topological polar surface area (TPSA) is 229 Å². The zero-order valence-corrected chi connectivity index (χ0v) is 21.5. The summed E-state index contributed by atoms with van der Waals surface area (Å²) in [4.78, 5) is 52.8. The van der Waals surface area contributed by atoms with Crippen LogP contribution in [0.3, 0.4) is 0 Å². The third-order valence-corrected chi connectivity index (χ3v) is 5.56. The van der Waals surface area contributed by atoms with Gasteiger partial charge in [0.15, 0.2) is 5.56 Å². The number of rotatable bonds is 15. The van der Waals surface area contributed by atoms with Crippen LogP contribution < -0.4 is 10.2 Å². The summed E-state index contributed by atoms with van der Waals surface area (Å²) in [6.07, 6.45) is 0.735. The number of carbonyl (C=O) groups is 1. The van der Waals surface area contributed by atoms with Crippen LogP contribution in [0.2, 0.25) is 0 Å². The maximum atomic E-state index is 12.7. The molecule has 0 spiro atoms. The van der Waals surface area contributed by atoms with Gasteiger partial charge in [0.2, 0.25) is 0 Å². The van der Waals surface area contributed by atoms with Crippen LogP contribution in [0.5, 0.6) is 0 Å². The molecular formula is C15H22IN4O12PS. The molecule has 3 N–H and O–H groups in total. The number of anilines is 1. The van der Waals surface area contributed by atoms with E-state index in [2.05, 4.69) is 14.0 Å². The molecule has 1 rings (SSSR count). The zero-order chi connectivity index (χ0) is 26.1. The number of nitro groups is 2. The highest BCUT2D eigenvalue weighted by Crippen LogP contribution is 2.38. The van der Waals surface area contributed by atoms with Crippen molar-refractivity contribution in [1.82, 2.24) is 5.32 Å². The zero-order valence-electron chi connectivity index (χ0n) is 17.7. The van der Waals surface area contributed by atoms with Crippen molar-refractivity contribution in [2.75, 3.05) is 48.4 Å². The first-order chi connectivity index (χ1) is 15.7. The quantitative estimate of drug-likeness (QED) is 0.0462. The lowest BCUT2D eigenvalue weighted by Gasteiger charge is -2.24. The summed E-state index contributed by atoms with van der Waals surface area (Å²) < 4.78 is 42.4. The highest BCUT2D eigenvalue weighted by Gasteiger charge is 2.35. The summed E-state index contributed by atoms with van der Waals surface area (Å²) in [5.41, 5.74) is -2.67. The Morgan fingerprint density at radius 2 is 1.85 bits per heavy atom. The standard InChI is InChI=1S/C15H22IN4O12PS/c1-34(29,30)32-10-8-18(7-5-16)12-4-3-11(19(22)23)13(14(12)20(24)25)15(21)17-6-2-9-31-33(26,27)28/h3-4H,2,5-10H2,1H3,(H,17,21)(H2,26,27,28). The van der Waals surface area contributed by atoms with Gasteiger partial charge in [0, 0.05) is 30.1 Å². The minimum atomic E-state index is -4.72. The van der Waals surface area contributed by atoms with Gasteiger partial charge >= 0.3 is 13.5 Å². The maximum absolute atomic E-state index is 12.7. The molecule has 0 atom stereocenters. The number of phosphoric ester groups is 1. The van der Waals surface area contributed by atoms with Crippen LogP contribution in [0.25, 0.3) is 0 Å². The number of benzene rings is 1. The van der Waals surface area contributed by atoms with Crippen molar-refractivity contribution >= 4 is 63.5 Å². The number of hydrogen-bond acceptors (Lipinski definition) is 11. The van der Waals surface area contributed by atoms with E-state index in [1.165, 1.54) is 4.90 Å². The minimum Gasteiger partial charge on any atom is -0.363 e. The number of nitrogens with one attached hydrogen (secondary N) is 1. The van der Waals surface area contributed by atoms with Crippen LogP contribution in [0.1, 0.15) is 16.8 Å². The number of alkyl halides is 1. The molecule has 192 valence electrons. The highest BCUT2D eigenvalue weighted by molar-refractivity contribution is 14.1. The van der Waals surface area contributed by atoms with Gasteiger partial charge in [-0.05, 0) is 12.5 Å². The van der Waals surface area contributed by atoms with Crippen molar-refractivity contribution in [2.45, 2.75) is 6.42 Å². The van der Waals surface area contributed by atoms with Gasteiger partial charge in [-0.3, -0.25) is 33.7 Å². The van der Waals surface area contributed by atoms with Crippen molar-refractivity contribution < 1.29 is 46.1 Å². The molecule has 16 nitrogen and oxygen atoms in total. The van der Waals surface area contributed by atoms with Crippen LogP contribution in [0, 0.1) is 20.2 Å². The van der Waals surface area contributed by atoms with Gasteiger partial charge in [-0.1, -0.05) is 22.6 Å². The summed E-state index contributed by atoms with van der Waals surface area (Å²) >= 11 is 1.97. The number of hydrogen-bond donors (Lipinski definition) is 3. The van der Waals surface area contributed by atoms with Crippen molar-refractivity contribution in [3.05, 3.63) is 37.9 Å². The van der Waals surface area contributed by atoms with Gasteiger partial charge < -0.3 is 20.0 Å². The van der Waals surface area contributed by atoms with Gasteiger partial charge in [-0.2, -0.15) is 8.42 Å². The van der Waals surface area contributed by atoms with E-state index in [0.717, 1.165) is 18.4 Å². The molecule has 0 heterocycles. The molecule has 0 saturated heterocycles. The van der Waals surface area contributed by atoms with Crippen LogP contribution in [-0.2, 0) is 23.4 Å². The number of halogens is 1. The molecule has 1 aromatic rings. The average Bonchev–Trinajstić information content (AvgIpc) is 2.69. The molecule has 0 fully saturated rings. The number of nitrogens with zero attached hydrogens (tertiary/aromatic N) is 3. The number of phosphoric acid groups is 1. The molecule has 0 unspecified atom stereocenters. The molecule has 0 aliphatic heterocycles. The summed E-state index contributed by atoms with van der Waals surface area (Å²) in [7, 11) is -8.50. The van der Waals surface area contributed by atoms with Gasteiger partial charge in [-0.15, -0.1) is 0 Å². The second-order valence-corrected chi connectivity index (χ2v) is 10.4. The molecule has 0 aliphatic rings. The fourth-order valence-corrected chi connectivity index (χ4v) is 4.01. The van der Waals surface area contributed by atoms with E-state index in [-0.39, 0.29) is 38.3 Å². The summed E-state index contributed by atoms with van der Waals surface area (Å²) in [6, 6.07) is 2.01. The smallest absolute Gasteiger partial charge is 0.363 e. The van der Waals surface area contributed by atoms with Gasteiger partial charge in [0.05, 0.1) is 29.3 Å². The molecule has 19 heteroatoms. The molecule has 0 bridgehead atoms. The van der Waals surface area contributed by atoms with Crippen molar-refractivity contribution in [1.29, 1.82) is 0 Å². The molecule has 1 aromatic carbocycles. The number of carbonyl (C=O) groups excluding carboxylic acids is 1. The summed E-state index contributed by atoms with van der Waals surface area (Å²) in [5.74, 6) is -1.15. The molecule has 0 radical (unpaired) electrons. The third-order valence-electron chi connectivity index (χ3n) is 3.96. The van der Waals surface area contributed by atoms with Crippen LogP contribution in [-0.4, -0.2) is 77.5 Å². The number of nitro benzene ring substituents is 2. The molecule has 0 aliphatic carbocycles. The average molecular weight is 640 g/mol. The van der Waals surface area contributed by atoms with Crippen molar-refractivity contribution in [3.63, 3.8) is 0 Å². The number of amides is 1. The Morgan fingerprint density at radius 1 is 1.21 bits per heavy atom.